The minimum Gasteiger partial charge on any atom is -0.388 e. The molecule has 1 aliphatic rings. The smallest absolute Gasteiger partial charge is 0.258 e. The van der Waals surface area contributed by atoms with Crippen LogP contribution in [-0.2, 0) is 0 Å². The van der Waals surface area contributed by atoms with Gasteiger partial charge in [-0.3, -0.25) is 4.79 Å². The van der Waals surface area contributed by atoms with Gasteiger partial charge in [0.05, 0.1) is 6.10 Å². The van der Waals surface area contributed by atoms with Gasteiger partial charge in [0, 0.05) is 23.4 Å². The lowest BCUT2D eigenvalue weighted by Crippen LogP contribution is -2.36. The third kappa shape index (κ3) is 2.18. The molecule has 0 saturated carbocycles. The number of halogens is 1. The van der Waals surface area contributed by atoms with Crippen LogP contribution in [0.1, 0.15) is 28.4 Å². The normalized spacial score (nSPS) is 17.7. The third-order valence-electron chi connectivity index (χ3n) is 3.55. The fourth-order valence-corrected chi connectivity index (χ4v) is 2.50. The van der Waals surface area contributed by atoms with Crippen molar-refractivity contribution in [3.05, 3.63) is 65.5 Å². The van der Waals surface area contributed by atoms with E-state index in [1.807, 2.05) is 24.3 Å². The molecule has 2 aromatic carbocycles. The van der Waals surface area contributed by atoms with Gasteiger partial charge in [-0.1, -0.05) is 18.2 Å². The van der Waals surface area contributed by atoms with Crippen molar-refractivity contribution in [3.63, 3.8) is 0 Å². The minimum absolute atomic E-state index is 0.177. The number of aliphatic hydroxyl groups is 1. The Morgan fingerprint density at radius 2 is 1.85 bits per heavy atom. The molecule has 0 aromatic heterocycles. The first kappa shape index (κ1) is 12.8. The van der Waals surface area contributed by atoms with Gasteiger partial charge >= 0.3 is 0 Å². The average molecular weight is 271 g/mol. The van der Waals surface area contributed by atoms with Crippen molar-refractivity contribution < 1.29 is 14.3 Å². The Kier molecular flexibility index (Phi) is 3.24. The van der Waals surface area contributed by atoms with Gasteiger partial charge < -0.3 is 10.0 Å². The summed E-state index contributed by atoms with van der Waals surface area (Å²) >= 11 is 0. The molecule has 0 saturated heterocycles. The molecule has 0 spiro atoms. The zero-order valence-electron chi connectivity index (χ0n) is 10.8. The first-order chi connectivity index (χ1) is 9.66. The van der Waals surface area contributed by atoms with Crippen molar-refractivity contribution >= 4 is 11.6 Å². The molecule has 0 fully saturated rings. The molecule has 0 bridgehead atoms. The van der Waals surface area contributed by atoms with Crippen molar-refractivity contribution in [2.75, 3.05) is 11.4 Å². The van der Waals surface area contributed by atoms with Gasteiger partial charge in [-0.15, -0.1) is 0 Å². The van der Waals surface area contributed by atoms with Gasteiger partial charge in [0.1, 0.15) is 5.82 Å². The largest absolute Gasteiger partial charge is 0.388 e. The van der Waals surface area contributed by atoms with E-state index in [2.05, 4.69) is 0 Å². The van der Waals surface area contributed by atoms with Gasteiger partial charge in [-0.25, -0.2) is 4.39 Å². The number of nitrogens with zero attached hydrogens (tertiary/aromatic N) is 1. The minimum atomic E-state index is -0.538. The fraction of sp³-hybridized carbons (Fsp3) is 0.188. The molecular formula is C16H14FNO2. The maximum absolute atomic E-state index is 12.9. The molecule has 1 atom stereocenters. The van der Waals surface area contributed by atoms with E-state index in [0.717, 1.165) is 11.3 Å². The average Bonchev–Trinajstić information content (AvgIpc) is 2.48. The van der Waals surface area contributed by atoms with E-state index in [4.69, 9.17) is 0 Å². The van der Waals surface area contributed by atoms with Crippen LogP contribution in [0.5, 0.6) is 0 Å². The monoisotopic (exact) mass is 271 g/mol. The van der Waals surface area contributed by atoms with Crippen LogP contribution in [0.3, 0.4) is 0 Å². The van der Waals surface area contributed by atoms with Crippen LogP contribution in [-0.4, -0.2) is 17.6 Å². The quantitative estimate of drug-likeness (QED) is 0.866. The number of aliphatic hydroxyl groups excluding tert-OH is 1. The maximum atomic E-state index is 12.9. The highest BCUT2D eigenvalue weighted by Crippen LogP contribution is 2.34. The Labute approximate surface area is 116 Å². The number of fused-ring (bicyclic) bond motifs is 1. The molecule has 0 radical (unpaired) electrons. The summed E-state index contributed by atoms with van der Waals surface area (Å²) in [5.74, 6) is -0.541. The van der Waals surface area contributed by atoms with Crippen LogP contribution in [0.2, 0.25) is 0 Å². The number of rotatable bonds is 1. The Hall–Kier alpha value is -2.20. The van der Waals surface area contributed by atoms with Crippen LogP contribution in [0.4, 0.5) is 10.1 Å². The molecule has 2 aromatic rings. The summed E-state index contributed by atoms with van der Waals surface area (Å²) in [4.78, 5) is 14.1. The van der Waals surface area contributed by atoms with Gasteiger partial charge in [-0.2, -0.15) is 0 Å². The van der Waals surface area contributed by atoms with Gasteiger partial charge in [0.25, 0.3) is 5.91 Å². The second-order valence-corrected chi connectivity index (χ2v) is 4.83. The number of carbonyl (C=O) groups excluding carboxylic acids is 1. The van der Waals surface area contributed by atoms with Gasteiger partial charge in [0.2, 0.25) is 0 Å². The lowest BCUT2D eigenvalue weighted by atomic mass is 9.98. The van der Waals surface area contributed by atoms with E-state index in [9.17, 15) is 14.3 Å². The standard InChI is InChI=1S/C16H14FNO2/c17-12-7-5-11(6-8-12)16(20)18-10-9-15(19)13-3-1-2-4-14(13)18/h1-8,15,19H,9-10H2. The first-order valence-electron chi connectivity index (χ1n) is 6.51. The molecular weight excluding hydrogens is 257 g/mol. The molecule has 1 amide bonds. The molecule has 0 aliphatic carbocycles. The summed E-state index contributed by atoms with van der Waals surface area (Å²) in [6.07, 6.45) is -0.0345. The highest BCUT2D eigenvalue weighted by atomic mass is 19.1. The maximum Gasteiger partial charge on any atom is 0.258 e. The summed E-state index contributed by atoms with van der Waals surface area (Å²) in [6, 6.07) is 12.8. The number of benzene rings is 2. The molecule has 1 unspecified atom stereocenters. The van der Waals surface area contributed by atoms with Crippen LogP contribution in [0.25, 0.3) is 0 Å². The predicted octanol–water partition coefficient (Wildman–Crippen LogP) is 2.91. The Bertz CT molecular complexity index is 639. The zero-order chi connectivity index (χ0) is 14.1. The Morgan fingerprint density at radius 1 is 1.15 bits per heavy atom. The second kappa shape index (κ2) is 5.06. The molecule has 102 valence electrons. The van der Waals surface area contributed by atoms with E-state index >= 15 is 0 Å². The van der Waals surface area contributed by atoms with E-state index in [1.165, 1.54) is 24.3 Å². The van der Waals surface area contributed by atoms with Crippen molar-refractivity contribution in [2.24, 2.45) is 0 Å². The number of hydrogen-bond donors (Lipinski definition) is 1. The molecule has 1 aliphatic heterocycles. The third-order valence-corrected chi connectivity index (χ3v) is 3.55. The number of anilines is 1. The Balaban J connectivity index is 1.97. The fourth-order valence-electron chi connectivity index (χ4n) is 2.50. The molecule has 1 heterocycles. The van der Waals surface area contributed by atoms with Crippen LogP contribution >= 0.6 is 0 Å². The van der Waals surface area contributed by atoms with Crippen molar-refractivity contribution in [3.8, 4) is 0 Å². The first-order valence-corrected chi connectivity index (χ1v) is 6.51. The van der Waals surface area contributed by atoms with Crippen LogP contribution in [0, 0.1) is 5.82 Å². The number of carbonyl (C=O) groups is 1. The number of para-hydroxylation sites is 1. The van der Waals surface area contributed by atoms with Crippen LogP contribution < -0.4 is 4.90 Å². The number of amides is 1. The second-order valence-electron chi connectivity index (χ2n) is 4.83. The van der Waals surface area contributed by atoms with E-state index < -0.39 is 6.10 Å². The SMILES string of the molecule is O=C(c1ccc(F)cc1)N1CCC(O)c2ccccc21. The molecule has 1 N–H and O–H groups in total. The van der Waals surface area contributed by atoms with E-state index in [-0.39, 0.29) is 11.7 Å². The zero-order valence-corrected chi connectivity index (χ0v) is 10.8. The summed E-state index contributed by atoms with van der Waals surface area (Å²) < 4.78 is 12.9. The lowest BCUT2D eigenvalue weighted by Gasteiger charge is -2.32. The van der Waals surface area contributed by atoms with E-state index in [1.54, 1.807) is 4.90 Å². The molecule has 20 heavy (non-hydrogen) atoms. The van der Waals surface area contributed by atoms with Crippen molar-refractivity contribution in [2.45, 2.75) is 12.5 Å². The molecule has 4 heteroatoms. The highest BCUT2D eigenvalue weighted by Gasteiger charge is 2.27. The highest BCUT2D eigenvalue weighted by molar-refractivity contribution is 6.06. The lowest BCUT2D eigenvalue weighted by molar-refractivity contribution is 0.0970. The topological polar surface area (TPSA) is 40.5 Å². The molecule has 3 nitrogen and oxygen atoms in total. The van der Waals surface area contributed by atoms with E-state index in [0.29, 0.717) is 18.5 Å². The number of hydrogen-bond acceptors (Lipinski definition) is 2. The predicted molar refractivity (Wildman–Crippen MR) is 74.1 cm³/mol. The summed E-state index contributed by atoms with van der Waals surface area (Å²) in [7, 11) is 0. The van der Waals surface area contributed by atoms with Gasteiger partial charge in [0.15, 0.2) is 0 Å². The van der Waals surface area contributed by atoms with Gasteiger partial charge in [-0.05, 0) is 36.8 Å². The summed E-state index contributed by atoms with van der Waals surface area (Å²) in [5, 5.41) is 9.98. The molecule has 3 rings (SSSR count). The summed E-state index contributed by atoms with van der Waals surface area (Å²) in [5.41, 5.74) is 1.92. The summed E-state index contributed by atoms with van der Waals surface area (Å²) in [6.45, 7) is 0.453. The van der Waals surface area contributed by atoms with Crippen molar-refractivity contribution in [1.82, 2.24) is 0 Å². The van der Waals surface area contributed by atoms with Crippen LogP contribution in [0.15, 0.2) is 48.5 Å². The van der Waals surface area contributed by atoms with Crippen molar-refractivity contribution in [1.29, 1.82) is 0 Å². The Morgan fingerprint density at radius 3 is 2.60 bits per heavy atom.